The van der Waals surface area contributed by atoms with Gasteiger partial charge in [-0.1, -0.05) is 92.6 Å². The molecule has 1 heteroatoms. The molecule has 0 N–H and O–H groups in total. The van der Waals surface area contributed by atoms with Crippen LogP contribution in [0.1, 0.15) is 57.2 Å². The van der Waals surface area contributed by atoms with E-state index in [1.165, 1.54) is 28.7 Å². The SMILES string of the molecule is Cc1cc(C)cc(C2=CCC([SiH2]C3(C)C=CC=CC3)=C2C(C)(C)C)c1. The first-order chi connectivity index (χ1) is 11.7. The molecule has 2 aliphatic rings. The molecule has 0 saturated carbocycles. The van der Waals surface area contributed by atoms with Gasteiger partial charge in [-0.15, -0.1) is 0 Å². The Kier molecular flexibility index (Phi) is 4.81. The standard InChI is InChI=1S/C24H32Si/c1-17-14-18(2)16-19(15-17)20-10-11-21(22(20)23(3,4)5)25-24(6)12-8-7-9-13-24/h7-10,12,14-16H,11,13,25H2,1-6H3. The van der Waals surface area contributed by atoms with Crippen molar-refractivity contribution >= 4 is 15.1 Å². The maximum absolute atomic E-state index is 2.50. The Morgan fingerprint density at radius 3 is 2.24 bits per heavy atom. The summed E-state index contributed by atoms with van der Waals surface area (Å²) in [6, 6.07) is 7.00. The highest BCUT2D eigenvalue weighted by atomic mass is 28.2. The van der Waals surface area contributed by atoms with E-state index in [9.17, 15) is 0 Å². The molecule has 0 spiro atoms. The van der Waals surface area contributed by atoms with Crippen molar-refractivity contribution in [2.75, 3.05) is 0 Å². The third-order valence-electron chi connectivity index (χ3n) is 5.41. The third kappa shape index (κ3) is 3.98. The van der Waals surface area contributed by atoms with Gasteiger partial charge in [0.15, 0.2) is 0 Å². The molecule has 3 rings (SSSR count). The third-order valence-corrected chi connectivity index (χ3v) is 7.81. The molecule has 132 valence electrons. The second-order valence-corrected chi connectivity index (χ2v) is 12.1. The first-order valence-electron chi connectivity index (χ1n) is 9.54. The zero-order valence-corrected chi connectivity index (χ0v) is 18.2. The molecular weight excluding hydrogens is 316 g/mol. The lowest BCUT2D eigenvalue weighted by Crippen LogP contribution is -2.21. The van der Waals surface area contributed by atoms with Crippen LogP contribution in [0.15, 0.2) is 59.3 Å². The van der Waals surface area contributed by atoms with E-state index in [4.69, 9.17) is 0 Å². The maximum Gasteiger partial charge on any atom is 0.0612 e. The van der Waals surface area contributed by atoms with Gasteiger partial charge >= 0.3 is 0 Å². The summed E-state index contributed by atoms with van der Waals surface area (Å²) in [6.45, 7) is 14.0. The van der Waals surface area contributed by atoms with Crippen LogP contribution in [0.25, 0.3) is 5.57 Å². The molecule has 0 heterocycles. The molecule has 0 bridgehead atoms. The van der Waals surface area contributed by atoms with Gasteiger partial charge in [0.05, 0.1) is 9.52 Å². The minimum Gasteiger partial charge on any atom is -0.0840 e. The van der Waals surface area contributed by atoms with E-state index in [1.807, 2.05) is 0 Å². The second-order valence-electron chi connectivity index (χ2n) is 9.25. The van der Waals surface area contributed by atoms with Crippen molar-refractivity contribution in [3.05, 3.63) is 76.0 Å². The minimum absolute atomic E-state index is 0.201. The smallest absolute Gasteiger partial charge is 0.0612 e. The second kappa shape index (κ2) is 6.61. The highest BCUT2D eigenvalue weighted by molar-refractivity contribution is 6.51. The van der Waals surface area contributed by atoms with Gasteiger partial charge in [-0.25, -0.2) is 0 Å². The van der Waals surface area contributed by atoms with Crippen LogP contribution in [-0.4, -0.2) is 9.52 Å². The van der Waals surface area contributed by atoms with Gasteiger partial charge in [-0.3, -0.25) is 0 Å². The van der Waals surface area contributed by atoms with Crippen LogP contribution in [0.2, 0.25) is 5.04 Å². The largest absolute Gasteiger partial charge is 0.0840 e. The van der Waals surface area contributed by atoms with Crippen molar-refractivity contribution in [1.29, 1.82) is 0 Å². The van der Waals surface area contributed by atoms with Crippen molar-refractivity contribution in [1.82, 2.24) is 0 Å². The zero-order valence-electron chi connectivity index (χ0n) is 16.7. The van der Waals surface area contributed by atoms with Crippen molar-refractivity contribution in [2.45, 2.75) is 59.4 Å². The van der Waals surface area contributed by atoms with Gasteiger partial charge in [-0.05, 0) is 53.9 Å². The molecule has 0 amide bonds. The normalized spacial score (nSPS) is 23.8. The lowest BCUT2D eigenvalue weighted by molar-refractivity contribution is 0.519. The predicted octanol–water partition coefficient (Wildman–Crippen LogP) is 6.25. The summed E-state index contributed by atoms with van der Waals surface area (Å²) < 4.78 is 0. The van der Waals surface area contributed by atoms with Crippen molar-refractivity contribution in [2.24, 2.45) is 5.41 Å². The fraction of sp³-hybridized carbons (Fsp3) is 0.417. The topological polar surface area (TPSA) is 0 Å². The molecule has 25 heavy (non-hydrogen) atoms. The number of rotatable bonds is 3. The maximum atomic E-state index is 2.50. The fourth-order valence-electron chi connectivity index (χ4n) is 4.50. The van der Waals surface area contributed by atoms with Gasteiger partial charge in [0.25, 0.3) is 0 Å². The summed E-state index contributed by atoms with van der Waals surface area (Å²) in [5.41, 5.74) is 7.47. The first kappa shape index (κ1) is 18.2. The molecule has 1 aromatic rings. The van der Waals surface area contributed by atoms with E-state index in [-0.39, 0.29) is 14.9 Å². The minimum atomic E-state index is -0.348. The predicted molar refractivity (Wildman–Crippen MR) is 115 cm³/mol. The molecule has 1 atom stereocenters. The molecule has 0 aromatic heterocycles. The number of benzene rings is 1. The van der Waals surface area contributed by atoms with Gasteiger partial charge in [0, 0.05) is 0 Å². The van der Waals surface area contributed by atoms with Gasteiger partial charge in [-0.2, -0.15) is 0 Å². The van der Waals surface area contributed by atoms with E-state index in [1.54, 1.807) is 10.8 Å². The molecule has 0 fully saturated rings. The average molecular weight is 349 g/mol. The van der Waals surface area contributed by atoms with Crippen LogP contribution in [-0.2, 0) is 0 Å². The van der Waals surface area contributed by atoms with E-state index < -0.39 is 0 Å². The van der Waals surface area contributed by atoms with Crippen LogP contribution in [0.4, 0.5) is 0 Å². The molecule has 0 radical (unpaired) electrons. The Hall–Kier alpha value is -1.60. The van der Waals surface area contributed by atoms with E-state index >= 15 is 0 Å². The summed E-state index contributed by atoms with van der Waals surface area (Å²) in [4.78, 5) is 0. The quantitative estimate of drug-likeness (QED) is 0.566. The average Bonchev–Trinajstić information content (AvgIpc) is 2.90. The van der Waals surface area contributed by atoms with Crippen molar-refractivity contribution in [3.63, 3.8) is 0 Å². The van der Waals surface area contributed by atoms with Gasteiger partial charge in [0.1, 0.15) is 0 Å². The van der Waals surface area contributed by atoms with Crippen molar-refractivity contribution in [3.8, 4) is 0 Å². The monoisotopic (exact) mass is 348 g/mol. The van der Waals surface area contributed by atoms with Crippen LogP contribution in [0.3, 0.4) is 0 Å². The molecule has 0 nitrogen and oxygen atoms in total. The van der Waals surface area contributed by atoms with Gasteiger partial charge < -0.3 is 0 Å². The van der Waals surface area contributed by atoms with E-state index in [0.717, 1.165) is 6.42 Å². The number of hydrogen-bond donors (Lipinski definition) is 0. The first-order valence-corrected chi connectivity index (χ1v) is 11.0. The van der Waals surface area contributed by atoms with Crippen molar-refractivity contribution < 1.29 is 0 Å². The lowest BCUT2D eigenvalue weighted by Gasteiger charge is -2.31. The summed E-state index contributed by atoms with van der Waals surface area (Å²) >= 11 is 0. The Balaban J connectivity index is 2.01. The number of allylic oxidation sites excluding steroid dienone is 8. The Morgan fingerprint density at radius 2 is 1.68 bits per heavy atom. The summed E-state index contributed by atoms with van der Waals surface area (Å²) in [5, 5.41) is 2.16. The summed E-state index contributed by atoms with van der Waals surface area (Å²) in [5.74, 6) is 0. The van der Waals surface area contributed by atoms with Gasteiger partial charge in [0.2, 0.25) is 0 Å². The van der Waals surface area contributed by atoms with Crippen LogP contribution < -0.4 is 0 Å². The fourth-order valence-corrected chi connectivity index (χ4v) is 7.22. The van der Waals surface area contributed by atoms with Crippen LogP contribution in [0.5, 0.6) is 0 Å². The summed E-state index contributed by atoms with van der Waals surface area (Å²) in [6.07, 6.45) is 14.1. The molecule has 0 saturated heterocycles. The van der Waals surface area contributed by atoms with Crippen LogP contribution in [0, 0.1) is 19.3 Å². The molecule has 1 unspecified atom stereocenters. The molecule has 0 aliphatic heterocycles. The van der Waals surface area contributed by atoms with Crippen LogP contribution >= 0.6 is 0 Å². The molecular formula is C24H32Si. The zero-order chi connectivity index (χ0) is 18.2. The summed E-state index contributed by atoms with van der Waals surface area (Å²) in [7, 11) is -0.348. The number of aryl methyl sites for hydroxylation is 2. The Labute approximate surface area is 156 Å². The Bertz CT molecular complexity index is 776. The highest BCUT2D eigenvalue weighted by Crippen LogP contribution is 2.47. The van der Waals surface area contributed by atoms with E-state index in [2.05, 4.69) is 90.1 Å². The molecule has 1 aromatic carbocycles. The molecule has 2 aliphatic carbocycles. The number of hydrogen-bond acceptors (Lipinski definition) is 0. The highest BCUT2D eigenvalue weighted by Gasteiger charge is 2.32. The Morgan fingerprint density at radius 1 is 1.00 bits per heavy atom. The van der Waals surface area contributed by atoms with E-state index in [0.29, 0.717) is 5.04 Å². The lowest BCUT2D eigenvalue weighted by atomic mass is 9.80.